The summed E-state index contributed by atoms with van der Waals surface area (Å²) in [6.45, 7) is 0. The van der Waals surface area contributed by atoms with Gasteiger partial charge in [0.05, 0.1) is 11.9 Å². The van der Waals surface area contributed by atoms with Crippen LogP contribution in [0.2, 0.25) is 0 Å². The van der Waals surface area contributed by atoms with Gasteiger partial charge in [-0.25, -0.2) is 17.2 Å². The van der Waals surface area contributed by atoms with Crippen LogP contribution in [0.5, 0.6) is 11.5 Å². The summed E-state index contributed by atoms with van der Waals surface area (Å²) in [6, 6.07) is 15.2. The Labute approximate surface area is 160 Å². The Kier molecular flexibility index (Phi) is 5.41. The number of sulfonamides is 1. The number of hydrogen-bond acceptors (Lipinski definition) is 4. The maximum absolute atomic E-state index is 14.0. The molecule has 0 saturated carbocycles. The molecule has 3 aromatic carbocycles. The van der Waals surface area contributed by atoms with Gasteiger partial charge in [0.1, 0.15) is 5.82 Å². The number of ketones is 1. The van der Waals surface area contributed by atoms with Gasteiger partial charge in [-0.1, -0.05) is 30.3 Å². The quantitative estimate of drug-likeness (QED) is 0.621. The van der Waals surface area contributed by atoms with E-state index in [1.54, 1.807) is 30.3 Å². The van der Waals surface area contributed by atoms with Crippen molar-refractivity contribution in [2.45, 2.75) is 0 Å². The molecule has 0 radical (unpaired) electrons. The van der Waals surface area contributed by atoms with Crippen molar-refractivity contribution in [1.82, 2.24) is 0 Å². The number of nitrogens with one attached hydrogen (secondary N) is 1. The van der Waals surface area contributed by atoms with Crippen LogP contribution in [0.25, 0.3) is 0 Å². The molecular weight excluding hydrogens is 388 g/mol. The lowest BCUT2D eigenvalue weighted by Gasteiger charge is -2.14. The molecule has 1 N–H and O–H groups in total. The molecule has 0 saturated heterocycles. The molecular formula is C20H15F2NO4S. The smallest absolute Gasteiger partial charge is 0.229 e. The highest BCUT2D eigenvalue weighted by Crippen LogP contribution is 2.33. The van der Waals surface area contributed by atoms with Crippen molar-refractivity contribution in [2.75, 3.05) is 11.0 Å². The fraction of sp³-hybridized carbons (Fsp3) is 0.0500. The molecule has 144 valence electrons. The predicted molar refractivity (Wildman–Crippen MR) is 101 cm³/mol. The lowest BCUT2D eigenvalue weighted by atomic mass is 10.0. The van der Waals surface area contributed by atoms with Crippen LogP contribution in [0.1, 0.15) is 15.9 Å². The summed E-state index contributed by atoms with van der Waals surface area (Å²) in [5, 5.41) is 0. The summed E-state index contributed by atoms with van der Waals surface area (Å²) in [7, 11) is -3.66. The van der Waals surface area contributed by atoms with E-state index in [9.17, 15) is 22.0 Å². The van der Waals surface area contributed by atoms with Crippen LogP contribution in [0.4, 0.5) is 14.5 Å². The zero-order valence-corrected chi connectivity index (χ0v) is 15.5. The lowest BCUT2D eigenvalue weighted by molar-refractivity contribution is 0.103. The second-order valence-electron chi connectivity index (χ2n) is 5.96. The third-order valence-electron chi connectivity index (χ3n) is 3.69. The van der Waals surface area contributed by atoms with Crippen molar-refractivity contribution in [3.63, 3.8) is 0 Å². The van der Waals surface area contributed by atoms with Gasteiger partial charge in [0, 0.05) is 17.2 Å². The number of rotatable bonds is 6. The van der Waals surface area contributed by atoms with E-state index in [0.29, 0.717) is 11.6 Å². The molecule has 0 heterocycles. The molecule has 0 atom stereocenters. The van der Waals surface area contributed by atoms with Crippen LogP contribution in [0.15, 0.2) is 66.7 Å². The number of hydrogen-bond donors (Lipinski definition) is 1. The summed E-state index contributed by atoms with van der Waals surface area (Å²) in [6.07, 6.45) is 0.943. The Morgan fingerprint density at radius 3 is 2.25 bits per heavy atom. The fourth-order valence-electron chi connectivity index (χ4n) is 2.46. The maximum atomic E-state index is 14.0. The Hall–Kier alpha value is -3.26. The molecule has 3 rings (SSSR count). The first kappa shape index (κ1) is 19.5. The van der Waals surface area contributed by atoms with Crippen molar-refractivity contribution >= 4 is 21.5 Å². The first-order valence-corrected chi connectivity index (χ1v) is 9.96. The number of benzene rings is 3. The summed E-state index contributed by atoms with van der Waals surface area (Å²) in [4.78, 5) is 12.6. The van der Waals surface area contributed by atoms with Gasteiger partial charge in [-0.05, 0) is 30.3 Å². The Morgan fingerprint density at radius 2 is 1.61 bits per heavy atom. The van der Waals surface area contributed by atoms with Crippen molar-refractivity contribution in [1.29, 1.82) is 0 Å². The van der Waals surface area contributed by atoms with E-state index >= 15 is 0 Å². The summed E-state index contributed by atoms with van der Waals surface area (Å²) >= 11 is 0. The van der Waals surface area contributed by atoms with Crippen molar-refractivity contribution in [3.05, 3.63) is 89.5 Å². The maximum Gasteiger partial charge on any atom is 0.229 e. The average Bonchev–Trinajstić information content (AvgIpc) is 2.64. The standard InChI is InChI=1S/C20H15F2NO4S/c1-28(25,26)23-17-9-7-14(20(24)13-5-3-2-4-6-13)11-19(17)27-18-10-8-15(21)12-16(18)22/h2-12,23H,1H3. The van der Waals surface area contributed by atoms with Gasteiger partial charge < -0.3 is 4.74 Å². The van der Waals surface area contributed by atoms with Gasteiger partial charge in [0.15, 0.2) is 23.1 Å². The van der Waals surface area contributed by atoms with Crippen molar-refractivity contribution in [2.24, 2.45) is 0 Å². The number of halogens is 2. The monoisotopic (exact) mass is 403 g/mol. The van der Waals surface area contributed by atoms with Crippen LogP contribution >= 0.6 is 0 Å². The number of ether oxygens (including phenoxy) is 1. The largest absolute Gasteiger partial charge is 0.452 e. The molecule has 0 bridgehead atoms. The first-order chi connectivity index (χ1) is 13.2. The minimum atomic E-state index is -3.66. The van der Waals surface area contributed by atoms with E-state index in [1.807, 2.05) is 0 Å². The van der Waals surface area contributed by atoms with Gasteiger partial charge in [-0.2, -0.15) is 0 Å². The third-order valence-corrected chi connectivity index (χ3v) is 4.28. The molecule has 0 aliphatic carbocycles. The Bertz CT molecular complexity index is 1130. The van der Waals surface area contributed by atoms with Crippen LogP contribution in [0, 0.1) is 11.6 Å². The molecule has 0 aliphatic rings. The van der Waals surface area contributed by atoms with Gasteiger partial charge in [0.2, 0.25) is 10.0 Å². The molecule has 5 nitrogen and oxygen atoms in total. The zero-order valence-electron chi connectivity index (χ0n) is 14.6. The normalized spacial score (nSPS) is 11.1. The minimum Gasteiger partial charge on any atom is -0.452 e. The van der Waals surface area contributed by atoms with E-state index in [0.717, 1.165) is 18.4 Å². The molecule has 8 heteroatoms. The average molecular weight is 403 g/mol. The number of carbonyl (C=O) groups excluding carboxylic acids is 1. The molecule has 0 spiro atoms. The van der Waals surface area contributed by atoms with Crippen molar-refractivity contribution < 1.29 is 26.7 Å². The second-order valence-corrected chi connectivity index (χ2v) is 7.71. The lowest BCUT2D eigenvalue weighted by Crippen LogP contribution is -2.11. The molecule has 28 heavy (non-hydrogen) atoms. The Balaban J connectivity index is 2.04. The highest BCUT2D eigenvalue weighted by Gasteiger charge is 2.16. The van der Waals surface area contributed by atoms with Gasteiger partial charge in [0.25, 0.3) is 0 Å². The first-order valence-electron chi connectivity index (χ1n) is 8.07. The van der Waals surface area contributed by atoms with Crippen LogP contribution in [0.3, 0.4) is 0 Å². The topological polar surface area (TPSA) is 72.5 Å². The third kappa shape index (κ3) is 4.72. The highest BCUT2D eigenvalue weighted by atomic mass is 32.2. The Morgan fingerprint density at radius 1 is 0.893 bits per heavy atom. The molecule has 0 aliphatic heterocycles. The summed E-state index contributed by atoms with van der Waals surface area (Å²) in [5.74, 6) is -2.49. The zero-order chi connectivity index (χ0) is 20.3. The summed E-state index contributed by atoms with van der Waals surface area (Å²) in [5.41, 5.74) is 0.642. The summed E-state index contributed by atoms with van der Waals surface area (Å²) < 4.78 is 58.0. The van der Waals surface area contributed by atoms with Gasteiger partial charge in [-0.3, -0.25) is 9.52 Å². The van der Waals surface area contributed by atoms with Crippen LogP contribution in [-0.4, -0.2) is 20.5 Å². The van der Waals surface area contributed by atoms with Gasteiger partial charge >= 0.3 is 0 Å². The van der Waals surface area contributed by atoms with E-state index in [-0.39, 0.29) is 28.5 Å². The van der Waals surface area contributed by atoms with Crippen LogP contribution < -0.4 is 9.46 Å². The van der Waals surface area contributed by atoms with Gasteiger partial charge in [-0.15, -0.1) is 0 Å². The number of anilines is 1. The molecule has 3 aromatic rings. The van der Waals surface area contributed by atoms with Crippen molar-refractivity contribution in [3.8, 4) is 11.5 Å². The molecule has 0 unspecified atom stereocenters. The molecule has 0 aromatic heterocycles. The van der Waals surface area contributed by atoms with E-state index < -0.39 is 21.7 Å². The predicted octanol–water partition coefficient (Wildman–Crippen LogP) is 4.36. The van der Waals surface area contributed by atoms with E-state index in [2.05, 4.69) is 4.72 Å². The van der Waals surface area contributed by atoms with E-state index in [1.165, 1.54) is 18.2 Å². The minimum absolute atomic E-state index is 0.0100. The SMILES string of the molecule is CS(=O)(=O)Nc1ccc(C(=O)c2ccccc2)cc1Oc1ccc(F)cc1F. The molecule has 0 amide bonds. The molecule has 0 fully saturated rings. The van der Waals surface area contributed by atoms with Crippen LogP contribution in [-0.2, 0) is 10.0 Å². The van der Waals surface area contributed by atoms with E-state index in [4.69, 9.17) is 4.74 Å². The highest BCUT2D eigenvalue weighted by molar-refractivity contribution is 7.92. The fourth-order valence-corrected chi connectivity index (χ4v) is 3.03. The second kappa shape index (κ2) is 7.77. The number of carbonyl (C=O) groups is 1.